The maximum absolute atomic E-state index is 5.94. The number of ether oxygens (including phenoxy) is 1. The molecule has 0 saturated carbocycles. The van der Waals surface area contributed by atoms with Crippen LogP contribution in [0.1, 0.15) is 19.8 Å². The average molecular weight is 372 g/mol. The van der Waals surface area contributed by atoms with E-state index in [2.05, 4.69) is 35.8 Å². The third-order valence-electron chi connectivity index (χ3n) is 4.66. The lowest BCUT2D eigenvalue weighted by molar-refractivity contribution is 0.419. The van der Waals surface area contributed by atoms with E-state index in [-0.39, 0.29) is 0 Å². The van der Waals surface area contributed by atoms with E-state index in [4.69, 9.17) is 21.3 Å². The van der Waals surface area contributed by atoms with Crippen LogP contribution in [-0.4, -0.2) is 37.1 Å². The molecule has 3 aromatic rings. The van der Waals surface area contributed by atoms with Crippen LogP contribution in [0, 0.1) is 0 Å². The Morgan fingerprint density at radius 1 is 1.08 bits per heavy atom. The summed E-state index contributed by atoms with van der Waals surface area (Å²) in [6.45, 7) is 3.98. The number of para-hydroxylation sites is 2. The number of alkyl halides is 1. The molecule has 5 heteroatoms. The zero-order chi connectivity index (χ0) is 18.4. The Morgan fingerprint density at radius 2 is 1.88 bits per heavy atom. The van der Waals surface area contributed by atoms with E-state index in [0.29, 0.717) is 11.9 Å². The molecule has 1 heterocycles. The van der Waals surface area contributed by atoms with Crippen LogP contribution in [-0.2, 0) is 0 Å². The summed E-state index contributed by atoms with van der Waals surface area (Å²) in [7, 11) is 1.69. The fraction of sp³-hybridized carbons (Fsp3) is 0.381. The second kappa shape index (κ2) is 9.06. The van der Waals surface area contributed by atoms with Gasteiger partial charge >= 0.3 is 0 Å². The first-order chi connectivity index (χ1) is 12.8. The molecule has 0 bridgehead atoms. The summed E-state index contributed by atoms with van der Waals surface area (Å²) in [5.41, 5.74) is 2.98. The molecule has 0 fully saturated rings. The van der Waals surface area contributed by atoms with Crippen LogP contribution >= 0.6 is 11.6 Å². The molecule has 0 spiro atoms. The molecular weight excluding hydrogens is 346 g/mol. The number of pyridine rings is 1. The molecule has 2 aromatic carbocycles. The molecule has 1 atom stereocenters. The molecule has 4 nitrogen and oxygen atoms in total. The molecule has 0 aliphatic rings. The van der Waals surface area contributed by atoms with Crippen molar-refractivity contribution in [1.29, 1.82) is 0 Å². The highest BCUT2D eigenvalue weighted by Gasteiger charge is 2.11. The normalized spacial score (nSPS) is 12.4. The number of halogens is 1. The number of hydrogen-bond acceptors (Lipinski definition) is 4. The maximum atomic E-state index is 5.94. The maximum Gasteiger partial charge on any atom is 0.145 e. The van der Waals surface area contributed by atoms with Gasteiger partial charge in [-0.05, 0) is 31.5 Å². The van der Waals surface area contributed by atoms with Gasteiger partial charge in [-0.25, -0.2) is 4.98 Å². The van der Waals surface area contributed by atoms with E-state index < -0.39 is 0 Å². The van der Waals surface area contributed by atoms with Gasteiger partial charge in [-0.15, -0.1) is 11.6 Å². The minimum atomic E-state index is 0.392. The summed E-state index contributed by atoms with van der Waals surface area (Å²) in [6.07, 6.45) is 2.08. The van der Waals surface area contributed by atoms with Gasteiger partial charge in [-0.1, -0.05) is 37.3 Å². The quantitative estimate of drug-likeness (QED) is 0.322. The van der Waals surface area contributed by atoms with E-state index >= 15 is 0 Å². The SMILES string of the molecule is CCC(CCl)NCCCNc1c2ccccc2nc2c(OC)cccc12. The monoisotopic (exact) mass is 371 g/mol. The first kappa shape index (κ1) is 18.7. The van der Waals surface area contributed by atoms with Gasteiger partial charge in [0.05, 0.1) is 18.3 Å². The van der Waals surface area contributed by atoms with Gasteiger partial charge in [0.25, 0.3) is 0 Å². The summed E-state index contributed by atoms with van der Waals surface area (Å²) in [5.74, 6) is 1.45. The molecule has 0 radical (unpaired) electrons. The molecule has 138 valence electrons. The Morgan fingerprint density at radius 3 is 2.65 bits per heavy atom. The smallest absolute Gasteiger partial charge is 0.145 e. The highest BCUT2D eigenvalue weighted by atomic mass is 35.5. The predicted octanol–water partition coefficient (Wildman–Crippen LogP) is 4.81. The number of nitrogens with zero attached hydrogens (tertiary/aromatic N) is 1. The van der Waals surface area contributed by atoms with Gasteiger partial charge in [0.2, 0.25) is 0 Å². The molecule has 1 aromatic heterocycles. The van der Waals surface area contributed by atoms with E-state index in [1.807, 2.05) is 24.3 Å². The summed E-state index contributed by atoms with van der Waals surface area (Å²) in [5, 5.41) is 9.34. The van der Waals surface area contributed by atoms with Gasteiger partial charge in [0, 0.05) is 29.2 Å². The van der Waals surface area contributed by atoms with Crippen molar-refractivity contribution in [1.82, 2.24) is 10.3 Å². The highest BCUT2D eigenvalue weighted by molar-refractivity contribution is 6.18. The van der Waals surface area contributed by atoms with Crippen LogP contribution in [0.5, 0.6) is 5.75 Å². The largest absolute Gasteiger partial charge is 0.494 e. The lowest BCUT2D eigenvalue weighted by Crippen LogP contribution is -2.31. The second-order valence-electron chi connectivity index (χ2n) is 6.35. The molecule has 3 rings (SSSR count). The zero-order valence-corrected chi connectivity index (χ0v) is 16.1. The number of fused-ring (bicyclic) bond motifs is 2. The van der Waals surface area contributed by atoms with Gasteiger partial charge in [0.1, 0.15) is 11.3 Å². The lowest BCUT2D eigenvalue weighted by atomic mass is 10.1. The van der Waals surface area contributed by atoms with Crippen LogP contribution in [0.2, 0.25) is 0 Å². The molecular formula is C21H26ClN3O. The third-order valence-corrected chi connectivity index (χ3v) is 5.03. The minimum absolute atomic E-state index is 0.392. The fourth-order valence-corrected chi connectivity index (χ4v) is 3.49. The van der Waals surface area contributed by atoms with E-state index in [0.717, 1.165) is 59.2 Å². The average Bonchev–Trinajstić information content (AvgIpc) is 2.69. The van der Waals surface area contributed by atoms with Crippen molar-refractivity contribution in [2.24, 2.45) is 0 Å². The summed E-state index contributed by atoms with van der Waals surface area (Å²) in [4.78, 5) is 4.81. The van der Waals surface area contributed by atoms with Crippen molar-refractivity contribution in [3.63, 3.8) is 0 Å². The molecule has 0 aliphatic heterocycles. The number of nitrogens with one attached hydrogen (secondary N) is 2. The molecule has 2 N–H and O–H groups in total. The number of rotatable bonds is 9. The Balaban J connectivity index is 1.83. The second-order valence-corrected chi connectivity index (χ2v) is 6.66. The summed E-state index contributed by atoms with van der Waals surface area (Å²) in [6, 6.07) is 14.7. The first-order valence-electron chi connectivity index (χ1n) is 9.17. The van der Waals surface area contributed by atoms with Gasteiger partial charge in [-0.2, -0.15) is 0 Å². The standard InChI is InChI=1S/C21H26ClN3O/c1-3-15(14-22)23-12-7-13-24-20-16-8-4-5-10-18(16)25-21-17(20)9-6-11-19(21)26-2/h4-6,8-11,15,23H,3,7,12-14H2,1-2H3,(H,24,25). The van der Waals surface area contributed by atoms with Crippen molar-refractivity contribution in [2.75, 3.05) is 31.4 Å². The van der Waals surface area contributed by atoms with Crippen LogP contribution in [0.15, 0.2) is 42.5 Å². The van der Waals surface area contributed by atoms with Gasteiger partial charge < -0.3 is 15.4 Å². The number of anilines is 1. The highest BCUT2D eigenvalue weighted by Crippen LogP contribution is 2.34. The Bertz CT molecular complexity index is 864. The predicted molar refractivity (Wildman–Crippen MR) is 112 cm³/mol. The van der Waals surface area contributed by atoms with Crippen LogP contribution < -0.4 is 15.4 Å². The van der Waals surface area contributed by atoms with Crippen molar-refractivity contribution >= 4 is 39.1 Å². The summed E-state index contributed by atoms with van der Waals surface area (Å²) < 4.78 is 5.51. The Labute approximate surface area is 159 Å². The molecule has 1 unspecified atom stereocenters. The van der Waals surface area contributed by atoms with Crippen LogP contribution in [0.4, 0.5) is 5.69 Å². The van der Waals surface area contributed by atoms with Crippen molar-refractivity contribution in [3.05, 3.63) is 42.5 Å². The molecule has 0 saturated heterocycles. The van der Waals surface area contributed by atoms with E-state index in [9.17, 15) is 0 Å². The number of hydrogen-bond donors (Lipinski definition) is 2. The van der Waals surface area contributed by atoms with Crippen molar-refractivity contribution < 1.29 is 4.74 Å². The van der Waals surface area contributed by atoms with E-state index in [1.165, 1.54) is 0 Å². The topological polar surface area (TPSA) is 46.2 Å². The van der Waals surface area contributed by atoms with Crippen LogP contribution in [0.25, 0.3) is 21.8 Å². The number of aromatic nitrogens is 1. The number of methoxy groups -OCH3 is 1. The van der Waals surface area contributed by atoms with Gasteiger partial charge in [-0.3, -0.25) is 0 Å². The Hall–Kier alpha value is -2.04. The number of benzene rings is 2. The summed E-state index contributed by atoms with van der Waals surface area (Å²) >= 11 is 5.94. The first-order valence-corrected chi connectivity index (χ1v) is 9.70. The third kappa shape index (κ3) is 4.02. The Kier molecular flexibility index (Phi) is 6.53. The molecule has 0 aliphatic carbocycles. The zero-order valence-electron chi connectivity index (χ0n) is 15.4. The molecule has 26 heavy (non-hydrogen) atoms. The van der Waals surface area contributed by atoms with Crippen molar-refractivity contribution in [3.8, 4) is 5.75 Å². The van der Waals surface area contributed by atoms with Gasteiger partial charge in [0.15, 0.2) is 0 Å². The van der Waals surface area contributed by atoms with Crippen LogP contribution in [0.3, 0.4) is 0 Å². The lowest BCUT2D eigenvalue weighted by Gasteiger charge is -2.16. The molecule has 0 amide bonds. The van der Waals surface area contributed by atoms with E-state index in [1.54, 1.807) is 7.11 Å². The minimum Gasteiger partial charge on any atom is -0.494 e. The fourth-order valence-electron chi connectivity index (χ4n) is 3.16. The van der Waals surface area contributed by atoms with Crippen molar-refractivity contribution in [2.45, 2.75) is 25.8 Å².